The fraction of sp³-hybridized carbons (Fsp3) is 0.182. The van der Waals surface area contributed by atoms with Crippen LogP contribution in [0.5, 0.6) is 0 Å². The van der Waals surface area contributed by atoms with Gasteiger partial charge < -0.3 is 0 Å². The topological polar surface area (TPSA) is 0 Å². The van der Waals surface area contributed by atoms with Crippen LogP contribution in [-0.2, 0) is 0 Å². The van der Waals surface area contributed by atoms with Crippen molar-refractivity contribution in [3.8, 4) is 0 Å². The molecule has 1 aromatic carbocycles. The van der Waals surface area contributed by atoms with E-state index in [1.54, 1.807) is 0 Å². The zero-order valence-electron chi connectivity index (χ0n) is 7.21. The van der Waals surface area contributed by atoms with E-state index >= 15 is 0 Å². The largest absolute Gasteiger partial charge is 0.129 e. The molecule has 0 amide bonds. The SMILES string of the molecule is C=C=C(C)CSc1ccccc1. The van der Waals surface area contributed by atoms with Crippen LogP contribution >= 0.6 is 11.8 Å². The van der Waals surface area contributed by atoms with Crippen molar-refractivity contribution in [1.29, 1.82) is 0 Å². The van der Waals surface area contributed by atoms with Gasteiger partial charge in [-0.3, -0.25) is 0 Å². The summed E-state index contributed by atoms with van der Waals surface area (Å²) < 4.78 is 0. The second-order valence-electron chi connectivity index (χ2n) is 2.56. The van der Waals surface area contributed by atoms with E-state index in [-0.39, 0.29) is 0 Å². The van der Waals surface area contributed by atoms with Gasteiger partial charge in [0.1, 0.15) is 0 Å². The molecule has 0 nitrogen and oxygen atoms in total. The molecule has 0 radical (unpaired) electrons. The lowest BCUT2D eigenvalue weighted by atomic mass is 10.4. The van der Waals surface area contributed by atoms with Gasteiger partial charge in [0, 0.05) is 10.6 Å². The van der Waals surface area contributed by atoms with Gasteiger partial charge in [-0.05, 0) is 24.6 Å². The summed E-state index contributed by atoms with van der Waals surface area (Å²) in [5.41, 5.74) is 4.08. The summed E-state index contributed by atoms with van der Waals surface area (Å²) in [5, 5.41) is 0. The lowest BCUT2D eigenvalue weighted by molar-refractivity contribution is 1.40. The Hall–Kier alpha value is -0.910. The monoisotopic (exact) mass is 176 g/mol. The third-order valence-electron chi connectivity index (χ3n) is 1.50. The molecule has 1 aromatic rings. The molecule has 0 saturated carbocycles. The Bertz CT molecular complexity index is 281. The summed E-state index contributed by atoms with van der Waals surface area (Å²) in [7, 11) is 0. The summed E-state index contributed by atoms with van der Waals surface area (Å²) in [5.74, 6) is 0.980. The van der Waals surface area contributed by atoms with Gasteiger partial charge in [-0.2, -0.15) is 0 Å². The van der Waals surface area contributed by atoms with Crippen LogP contribution < -0.4 is 0 Å². The molecule has 0 saturated heterocycles. The zero-order valence-corrected chi connectivity index (χ0v) is 8.03. The maximum Gasteiger partial charge on any atom is 0.0263 e. The van der Waals surface area contributed by atoms with E-state index in [9.17, 15) is 0 Å². The van der Waals surface area contributed by atoms with E-state index in [0.29, 0.717) is 0 Å². The number of rotatable bonds is 3. The van der Waals surface area contributed by atoms with Crippen LogP contribution in [0, 0.1) is 0 Å². The standard InChI is InChI=1S/C11H12S/c1-3-10(2)9-12-11-7-5-4-6-8-11/h4-8H,1,9H2,2H3. The first kappa shape index (κ1) is 9.18. The first-order chi connectivity index (χ1) is 5.83. The molecule has 0 aliphatic rings. The second-order valence-corrected chi connectivity index (χ2v) is 3.61. The zero-order chi connectivity index (χ0) is 8.81. The number of benzene rings is 1. The molecule has 12 heavy (non-hydrogen) atoms. The van der Waals surface area contributed by atoms with Crippen molar-refractivity contribution in [3.63, 3.8) is 0 Å². The van der Waals surface area contributed by atoms with Crippen LogP contribution in [0.3, 0.4) is 0 Å². The van der Waals surface area contributed by atoms with E-state index in [1.165, 1.54) is 10.5 Å². The molecule has 0 aromatic heterocycles. The van der Waals surface area contributed by atoms with Crippen molar-refractivity contribution in [2.24, 2.45) is 0 Å². The molecule has 62 valence electrons. The summed E-state index contributed by atoms with van der Waals surface area (Å²) in [6.45, 7) is 5.64. The predicted molar refractivity (Wildman–Crippen MR) is 55.5 cm³/mol. The maximum absolute atomic E-state index is 3.60. The molecular weight excluding hydrogens is 164 g/mol. The Balaban J connectivity index is 2.49. The molecule has 0 aliphatic carbocycles. The van der Waals surface area contributed by atoms with E-state index < -0.39 is 0 Å². The summed E-state index contributed by atoms with van der Waals surface area (Å²) >= 11 is 1.81. The average molecular weight is 176 g/mol. The molecule has 0 bridgehead atoms. The minimum Gasteiger partial charge on any atom is -0.129 e. The highest BCUT2D eigenvalue weighted by molar-refractivity contribution is 7.99. The van der Waals surface area contributed by atoms with Gasteiger partial charge in [0.25, 0.3) is 0 Å². The Morgan fingerprint density at radius 2 is 2.08 bits per heavy atom. The van der Waals surface area contributed by atoms with Crippen molar-refractivity contribution >= 4 is 11.8 Å². The number of hydrogen-bond donors (Lipinski definition) is 0. The normalized spacial score (nSPS) is 9.08. The highest BCUT2D eigenvalue weighted by Gasteiger charge is 1.91. The fourth-order valence-electron chi connectivity index (χ4n) is 0.759. The van der Waals surface area contributed by atoms with Crippen molar-refractivity contribution < 1.29 is 0 Å². The van der Waals surface area contributed by atoms with Crippen LogP contribution in [0.4, 0.5) is 0 Å². The van der Waals surface area contributed by atoms with Crippen molar-refractivity contribution in [2.45, 2.75) is 11.8 Å². The van der Waals surface area contributed by atoms with Gasteiger partial charge in [0.15, 0.2) is 0 Å². The van der Waals surface area contributed by atoms with Gasteiger partial charge in [-0.25, -0.2) is 0 Å². The Morgan fingerprint density at radius 1 is 1.42 bits per heavy atom. The number of thioether (sulfide) groups is 1. The van der Waals surface area contributed by atoms with E-state index in [1.807, 2.05) is 24.8 Å². The molecule has 0 atom stereocenters. The molecule has 0 spiro atoms. The average Bonchev–Trinajstić information content (AvgIpc) is 2.16. The molecular formula is C11H12S. The first-order valence-electron chi connectivity index (χ1n) is 3.86. The van der Waals surface area contributed by atoms with Gasteiger partial charge in [0.2, 0.25) is 0 Å². The van der Waals surface area contributed by atoms with Crippen LogP contribution in [0.25, 0.3) is 0 Å². The van der Waals surface area contributed by atoms with Crippen LogP contribution in [0.2, 0.25) is 0 Å². The summed E-state index contributed by atoms with van der Waals surface area (Å²) in [6.07, 6.45) is 0. The summed E-state index contributed by atoms with van der Waals surface area (Å²) in [6, 6.07) is 10.4. The smallest absolute Gasteiger partial charge is 0.0263 e. The lowest BCUT2D eigenvalue weighted by Gasteiger charge is -1.98. The molecule has 0 unspecified atom stereocenters. The molecule has 0 heterocycles. The van der Waals surface area contributed by atoms with Crippen LogP contribution in [-0.4, -0.2) is 5.75 Å². The Labute approximate surface area is 78.0 Å². The lowest BCUT2D eigenvalue weighted by Crippen LogP contribution is -1.78. The van der Waals surface area contributed by atoms with Crippen LogP contribution in [0.1, 0.15) is 6.92 Å². The minimum absolute atomic E-state index is 0.980. The van der Waals surface area contributed by atoms with Gasteiger partial charge in [-0.15, -0.1) is 17.5 Å². The Kier molecular flexibility index (Phi) is 3.72. The fourth-order valence-corrected chi connectivity index (χ4v) is 1.59. The van der Waals surface area contributed by atoms with Gasteiger partial charge in [-0.1, -0.05) is 24.8 Å². The first-order valence-corrected chi connectivity index (χ1v) is 4.85. The van der Waals surface area contributed by atoms with Crippen molar-refractivity contribution in [3.05, 3.63) is 48.2 Å². The number of hydrogen-bond acceptors (Lipinski definition) is 1. The third kappa shape index (κ3) is 3.00. The Morgan fingerprint density at radius 3 is 2.67 bits per heavy atom. The molecule has 0 aliphatic heterocycles. The van der Waals surface area contributed by atoms with Crippen molar-refractivity contribution in [1.82, 2.24) is 0 Å². The molecule has 1 heteroatoms. The van der Waals surface area contributed by atoms with E-state index in [2.05, 4.69) is 36.6 Å². The second kappa shape index (κ2) is 4.87. The van der Waals surface area contributed by atoms with Crippen molar-refractivity contribution in [2.75, 3.05) is 5.75 Å². The van der Waals surface area contributed by atoms with E-state index in [0.717, 1.165) is 5.75 Å². The highest BCUT2D eigenvalue weighted by atomic mass is 32.2. The maximum atomic E-state index is 3.60. The molecule has 0 N–H and O–H groups in total. The third-order valence-corrected chi connectivity index (χ3v) is 2.68. The quantitative estimate of drug-likeness (QED) is 0.501. The molecule has 1 rings (SSSR count). The van der Waals surface area contributed by atoms with Gasteiger partial charge >= 0.3 is 0 Å². The van der Waals surface area contributed by atoms with Gasteiger partial charge in [0.05, 0.1) is 0 Å². The van der Waals surface area contributed by atoms with Crippen LogP contribution in [0.15, 0.2) is 53.1 Å². The minimum atomic E-state index is 0.980. The summed E-state index contributed by atoms with van der Waals surface area (Å²) in [4.78, 5) is 1.30. The highest BCUT2D eigenvalue weighted by Crippen LogP contribution is 2.18. The van der Waals surface area contributed by atoms with E-state index in [4.69, 9.17) is 0 Å². The predicted octanol–water partition coefficient (Wildman–Crippen LogP) is 3.51. The molecule has 0 fully saturated rings.